The number of nitrogens with zero attached hydrogens (tertiary/aromatic N) is 1. The first-order valence-electron chi connectivity index (χ1n) is 20.5. The molecule has 1 aliphatic rings. The van der Waals surface area contributed by atoms with Gasteiger partial charge in [0.05, 0.1) is 13.0 Å². The Bertz CT molecular complexity index is 1840. The number of benzene rings is 3. The predicted octanol–water partition coefficient (Wildman–Crippen LogP) is 7.17. The van der Waals surface area contributed by atoms with Crippen molar-refractivity contribution in [2.75, 3.05) is 19.7 Å². The van der Waals surface area contributed by atoms with Gasteiger partial charge in [0.15, 0.2) is 0 Å². The molecule has 13 heteroatoms. The van der Waals surface area contributed by atoms with Crippen LogP contribution in [-0.4, -0.2) is 77.9 Å². The van der Waals surface area contributed by atoms with Crippen LogP contribution in [0.25, 0.3) is 0 Å². The molecule has 320 valence electrons. The van der Waals surface area contributed by atoms with E-state index in [1.165, 1.54) is 0 Å². The molecule has 0 bridgehead atoms. The number of carbonyl (C=O) groups excluding carboxylic acids is 5. The van der Waals surface area contributed by atoms with E-state index in [4.69, 9.17) is 18.9 Å². The number of amides is 4. The number of alkyl carbamates (subject to hydrolysis) is 1. The first kappa shape index (κ1) is 46.1. The Hall–Kier alpha value is -5.59. The van der Waals surface area contributed by atoms with Crippen LogP contribution in [0.5, 0.6) is 5.75 Å². The van der Waals surface area contributed by atoms with Crippen molar-refractivity contribution < 1.29 is 42.9 Å². The zero-order valence-electron chi connectivity index (χ0n) is 35.6. The van der Waals surface area contributed by atoms with Gasteiger partial charge in [-0.25, -0.2) is 9.59 Å². The van der Waals surface area contributed by atoms with E-state index in [0.29, 0.717) is 37.8 Å². The summed E-state index contributed by atoms with van der Waals surface area (Å²) in [5, 5.41) is 8.27. The van der Waals surface area contributed by atoms with Crippen LogP contribution in [0.2, 0.25) is 0 Å². The Balaban J connectivity index is 1.40. The number of hydrogen-bond donors (Lipinski definition) is 3. The minimum Gasteiger partial charge on any atom is -0.494 e. The molecule has 1 unspecified atom stereocenters. The second-order valence-electron chi connectivity index (χ2n) is 17.0. The molecule has 13 nitrogen and oxygen atoms in total. The van der Waals surface area contributed by atoms with Gasteiger partial charge in [0.25, 0.3) is 0 Å². The van der Waals surface area contributed by atoms with Crippen molar-refractivity contribution in [3.63, 3.8) is 0 Å². The maximum absolute atomic E-state index is 13.9. The van der Waals surface area contributed by atoms with Gasteiger partial charge in [0.1, 0.15) is 35.6 Å². The molecule has 4 amide bonds. The summed E-state index contributed by atoms with van der Waals surface area (Å²) in [6.07, 6.45) is 1.74. The Morgan fingerprint density at radius 3 is 2.12 bits per heavy atom. The lowest BCUT2D eigenvalue weighted by Gasteiger charge is -2.34. The molecule has 1 aliphatic heterocycles. The van der Waals surface area contributed by atoms with E-state index < -0.39 is 53.6 Å². The normalized spacial score (nSPS) is 15.2. The molecular weight excluding hydrogens is 753 g/mol. The molecule has 0 aromatic heterocycles. The first-order chi connectivity index (χ1) is 27.9. The summed E-state index contributed by atoms with van der Waals surface area (Å²) in [4.78, 5) is 68.0. The largest absolute Gasteiger partial charge is 0.494 e. The predicted molar refractivity (Wildman–Crippen MR) is 224 cm³/mol. The van der Waals surface area contributed by atoms with Crippen molar-refractivity contribution in [1.82, 2.24) is 20.9 Å². The van der Waals surface area contributed by atoms with Gasteiger partial charge in [-0.05, 0) is 121 Å². The van der Waals surface area contributed by atoms with Gasteiger partial charge in [0, 0.05) is 19.6 Å². The van der Waals surface area contributed by atoms with Crippen LogP contribution >= 0.6 is 0 Å². The molecule has 0 aliphatic carbocycles. The molecule has 0 spiro atoms. The van der Waals surface area contributed by atoms with Crippen LogP contribution in [-0.2, 0) is 48.2 Å². The molecule has 1 heterocycles. The molecule has 1 fully saturated rings. The van der Waals surface area contributed by atoms with E-state index >= 15 is 0 Å². The van der Waals surface area contributed by atoms with E-state index in [0.717, 1.165) is 41.5 Å². The third-order valence-electron chi connectivity index (χ3n) is 9.55. The molecule has 3 atom stereocenters. The SMILES string of the molecule is Cc1ccc(OCCC2CCCN(C(=O)OC(C)(C)C)C2)cc1CNC(=O)[C@H](CCc1ccccc1)NC(=O)[C@H](CC(=O)OC(C)(C)C)NC(=O)OCc1ccccc1. The second kappa shape index (κ2) is 22.0. The minimum atomic E-state index is -1.38. The fourth-order valence-electron chi connectivity index (χ4n) is 6.53. The molecule has 0 saturated carbocycles. The van der Waals surface area contributed by atoms with Crippen molar-refractivity contribution in [1.29, 1.82) is 0 Å². The fourth-order valence-corrected chi connectivity index (χ4v) is 6.53. The molecule has 0 radical (unpaired) electrons. The van der Waals surface area contributed by atoms with E-state index in [1.807, 2.05) is 94.4 Å². The van der Waals surface area contributed by atoms with Crippen molar-refractivity contribution in [2.24, 2.45) is 5.92 Å². The van der Waals surface area contributed by atoms with E-state index in [9.17, 15) is 24.0 Å². The summed E-state index contributed by atoms with van der Waals surface area (Å²) in [5.74, 6) is -0.925. The maximum Gasteiger partial charge on any atom is 0.410 e. The standard InChI is InChI=1S/C46H62N4O9/c1-32-20-22-37(56-26-24-34-19-14-25-50(30-34)44(55)59-46(5,6)7)27-36(32)29-47-41(52)38(23-21-33-15-10-8-11-16-33)48-42(53)39(28-40(51)58-45(2,3)4)49-43(54)57-31-35-17-12-9-13-18-35/h8-13,15-18,20,22,27,34,38-39H,14,19,21,23-26,28-31H2,1-7H3,(H,47,52)(H,48,53)(H,49,54)/t34?,38-,39-/m0/s1. The number of ether oxygens (including phenoxy) is 4. The van der Waals surface area contributed by atoms with Crippen LogP contribution in [0.4, 0.5) is 9.59 Å². The van der Waals surface area contributed by atoms with Gasteiger partial charge < -0.3 is 39.8 Å². The summed E-state index contributed by atoms with van der Waals surface area (Å²) in [5.41, 5.74) is 2.12. The molecule has 4 rings (SSSR count). The molecule has 59 heavy (non-hydrogen) atoms. The highest BCUT2D eigenvalue weighted by Gasteiger charge is 2.31. The summed E-state index contributed by atoms with van der Waals surface area (Å²) in [7, 11) is 0. The van der Waals surface area contributed by atoms with Gasteiger partial charge in [-0.2, -0.15) is 0 Å². The number of likely N-dealkylation sites (tertiary alicyclic amines) is 1. The highest BCUT2D eigenvalue weighted by atomic mass is 16.6. The van der Waals surface area contributed by atoms with Crippen LogP contribution in [0.15, 0.2) is 78.9 Å². The molecule has 3 aromatic carbocycles. The fraction of sp³-hybridized carbons (Fsp3) is 0.500. The lowest BCUT2D eigenvalue weighted by atomic mass is 9.95. The summed E-state index contributed by atoms with van der Waals surface area (Å²) in [6.45, 7) is 14.5. The number of piperidine rings is 1. The highest BCUT2D eigenvalue weighted by molar-refractivity contribution is 5.93. The highest BCUT2D eigenvalue weighted by Crippen LogP contribution is 2.24. The van der Waals surface area contributed by atoms with E-state index in [2.05, 4.69) is 16.0 Å². The van der Waals surface area contributed by atoms with Gasteiger partial charge in [-0.15, -0.1) is 0 Å². The van der Waals surface area contributed by atoms with Crippen molar-refractivity contribution in [3.8, 4) is 5.75 Å². The number of rotatable bonds is 17. The van der Waals surface area contributed by atoms with Gasteiger partial charge in [-0.1, -0.05) is 66.7 Å². The average molecular weight is 815 g/mol. The molecule has 3 N–H and O–H groups in total. The quantitative estimate of drug-likeness (QED) is 0.0948. The topological polar surface area (TPSA) is 162 Å². The smallest absolute Gasteiger partial charge is 0.410 e. The van der Waals surface area contributed by atoms with Crippen molar-refractivity contribution >= 4 is 30.0 Å². The summed E-state index contributed by atoms with van der Waals surface area (Å²) >= 11 is 0. The number of nitrogens with one attached hydrogen (secondary N) is 3. The van der Waals surface area contributed by atoms with Gasteiger partial charge in [0.2, 0.25) is 11.8 Å². The Labute approximate surface area is 348 Å². The number of carbonyl (C=O) groups is 5. The molecular formula is C46H62N4O9. The number of aryl methyl sites for hydroxylation is 2. The van der Waals surface area contributed by atoms with Gasteiger partial charge >= 0.3 is 18.2 Å². The monoisotopic (exact) mass is 814 g/mol. The zero-order chi connectivity index (χ0) is 43.0. The zero-order valence-corrected chi connectivity index (χ0v) is 35.6. The lowest BCUT2D eigenvalue weighted by Crippen LogP contribution is -2.54. The maximum atomic E-state index is 13.9. The van der Waals surface area contributed by atoms with Crippen LogP contribution in [0, 0.1) is 12.8 Å². The molecule has 3 aromatic rings. The Morgan fingerprint density at radius 2 is 1.46 bits per heavy atom. The second-order valence-corrected chi connectivity index (χ2v) is 17.0. The van der Waals surface area contributed by atoms with E-state index in [-0.39, 0.29) is 25.7 Å². The molecule has 1 saturated heterocycles. The summed E-state index contributed by atoms with van der Waals surface area (Å²) in [6, 6.07) is 21.9. The van der Waals surface area contributed by atoms with E-state index in [1.54, 1.807) is 37.8 Å². The van der Waals surface area contributed by atoms with Crippen molar-refractivity contribution in [2.45, 2.75) is 123 Å². The third kappa shape index (κ3) is 17.0. The minimum absolute atomic E-state index is 0.0453. The third-order valence-corrected chi connectivity index (χ3v) is 9.55. The van der Waals surface area contributed by atoms with Gasteiger partial charge in [-0.3, -0.25) is 14.4 Å². The first-order valence-corrected chi connectivity index (χ1v) is 20.5. The van der Waals surface area contributed by atoms with Crippen LogP contribution in [0.3, 0.4) is 0 Å². The van der Waals surface area contributed by atoms with Crippen LogP contribution in [0.1, 0.15) is 95.9 Å². The average Bonchev–Trinajstić information content (AvgIpc) is 3.18. The number of esters is 1. The number of hydrogen-bond acceptors (Lipinski definition) is 9. The lowest BCUT2D eigenvalue weighted by molar-refractivity contribution is -0.156. The Kier molecular flexibility index (Phi) is 17.2. The van der Waals surface area contributed by atoms with Crippen LogP contribution < -0.4 is 20.7 Å². The summed E-state index contributed by atoms with van der Waals surface area (Å²) < 4.78 is 22.5. The van der Waals surface area contributed by atoms with Crippen molar-refractivity contribution in [3.05, 3.63) is 101 Å². The Morgan fingerprint density at radius 1 is 0.797 bits per heavy atom.